The zero-order valence-electron chi connectivity index (χ0n) is 23.6. The predicted molar refractivity (Wildman–Crippen MR) is 160 cm³/mol. The molecule has 0 spiro atoms. The van der Waals surface area contributed by atoms with E-state index in [0.717, 1.165) is 23.4 Å². The number of nitrogens with zero attached hydrogens (tertiary/aromatic N) is 6. The number of nitrogens with one attached hydrogen (secondary N) is 2. The van der Waals surface area contributed by atoms with Gasteiger partial charge in [-0.05, 0) is 79.8 Å². The lowest BCUT2D eigenvalue weighted by atomic mass is 10.0. The highest BCUT2D eigenvalue weighted by Gasteiger charge is 2.16. The van der Waals surface area contributed by atoms with Gasteiger partial charge in [-0.15, -0.1) is 10.0 Å². The van der Waals surface area contributed by atoms with E-state index in [1.165, 1.54) is 24.5 Å². The fourth-order valence-electron chi connectivity index (χ4n) is 4.69. The van der Waals surface area contributed by atoms with Gasteiger partial charge in [0.1, 0.15) is 11.5 Å². The number of aromatic nitrogens is 6. The number of amides is 1. The highest BCUT2D eigenvalue weighted by Crippen LogP contribution is 2.23. The lowest BCUT2D eigenvalue weighted by molar-refractivity contribution is 0.102. The van der Waals surface area contributed by atoms with Crippen molar-refractivity contribution in [2.75, 3.05) is 10.6 Å². The van der Waals surface area contributed by atoms with Crippen molar-refractivity contribution in [1.29, 1.82) is 0 Å². The van der Waals surface area contributed by atoms with Crippen molar-refractivity contribution in [3.63, 3.8) is 0 Å². The van der Waals surface area contributed by atoms with Crippen molar-refractivity contribution in [3.05, 3.63) is 119 Å². The normalized spacial score (nSPS) is 10.9. The molecule has 6 aromatic rings. The van der Waals surface area contributed by atoms with Crippen LogP contribution < -0.4 is 10.6 Å². The number of fused-ring (bicyclic) bond motifs is 1. The second kappa shape index (κ2) is 11.3. The molecule has 0 fully saturated rings. The predicted octanol–water partition coefficient (Wildman–Crippen LogP) is 6.16. The molecular formula is C32H26F2N8O. The Hall–Kier alpha value is -5.76. The van der Waals surface area contributed by atoms with Gasteiger partial charge in [-0.3, -0.25) is 9.20 Å². The minimum absolute atomic E-state index is 0.116. The van der Waals surface area contributed by atoms with Crippen LogP contribution in [-0.2, 0) is 6.42 Å². The maximum atomic E-state index is 15.1. The van der Waals surface area contributed by atoms with Crippen molar-refractivity contribution >= 4 is 28.6 Å². The second-order valence-corrected chi connectivity index (χ2v) is 10.0. The molecule has 2 N–H and O–H groups in total. The Kier molecular flexibility index (Phi) is 7.17. The van der Waals surface area contributed by atoms with Crippen LogP contribution in [0.15, 0.2) is 79.8 Å². The van der Waals surface area contributed by atoms with Gasteiger partial charge >= 0.3 is 0 Å². The Morgan fingerprint density at radius 1 is 1.02 bits per heavy atom. The van der Waals surface area contributed by atoms with Crippen LogP contribution in [0.3, 0.4) is 0 Å². The molecule has 0 atom stereocenters. The Balaban J connectivity index is 1.28. The van der Waals surface area contributed by atoms with E-state index in [2.05, 4.69) is 37.5 Å². The minimum atomic E-state index is -0.639. The number of imidazole rings is 2. The largest absolute Gasteiger partial charge is 0.350 e. The number of benzene rings is 2. The van der Waals surface area contributed by atoms with Crippen LogP contribution in [0, 0.1) is 31.5 Å². The first kappa shape index (κ1) is 27.4. The third-order valence-electron chi connectivity index (χ3n) is 6.90. The van der Waals surface area contributed by atoms with Crippen LogP contribution in [-0.4, -0.2) is 34.8 Å². The third kappa shape index (κ3) is 5.71. The fourth-order valence-corrected chi connectivity index (χ4v) is 4.69. The molecule has 43 heavy (non-hydrogen) atoms. The van der Waals surface area contributed by atoms with Crippen LogP contribution in [0.4, 0.5) is 25.9 Å². The van der Waals surface area contributed by atoms with Crippen molar-refractivity contribution in [1.82, 2.24) is 28.9 Å². The first-order valence-electron chi connectivity index (χ1n) is 13.5. The number of rotatable bonds is 6. The third-order valence-corrected chi connectivity index (χ3v) is 6.90. The van der Waals surface area contributed by atoms with Crippen molar-refractivity contribution in [2.45, 2.75) is 27.2 Å². The number of anilines is 3. The summed E-state index contributed by atoms with van der Waals surface area (Å²) in [6.07, 6.45) is 10.3. The summed E-state index contributed by atoms with van der Waals surface area (Å²) in [4.78, 5) is 22.2. The van der Waals surface area contributed by atoms with E-state index in [1.807, 2.05) is 42.8 Å². The molecular weight excluding hydrogens is 550 g/mol. The molecule has 214 valence electrons. The molecule has 0 bridgehead atoms. The van der Waals surface area contributed by atoms with Gasteiger partial charge in [-0.1, -0.05) is 17.3 Å². The van der Waals surface area contributed by atoms with E-state index in [4.69, 9.17) is 0 Å². The number of carbonyl (C=O) groups is 1. The van der Waals surface area contributed by atoms with E-state index in [9.17, 15) is 9.28 Å². The molecule has 0 aliphatic carbocycles. The van der Waals surface area contributed by atoms with Gasteiger partial charge in [0.25, 0.3) is 5.91 Å². The lowest BCUT2D eigenvalue weighted by Crippen LogP contribution is -2.15. The zero-order chi connectivity index (χ0) is 30.1. The minimum Gasteiger partial charge on any atom is -0.350 e. The number of hydrogen-bond acceptors (Lipinski definition) is 5. The summed E-state index contributed by atoms with van der Waals surface area (Å²) in [5, 5.41) is 9.46. The average Bonchev–Trinajstić information content (AvgIpc) is 3.72. The van der Waals surface area contributed by atoms with Crippen molar-refractivity contribution < 1.29 is 13.7 Å². The number of halogens is 2. The highest BCUT2D eigenvalue weighted by atomic mass is 19.2. The average molecular weight is 577 g/mol. The van der Waals surface area contributed by atoms with Crippen LogP contribution in [0.25, 0.3) is 11.3 Å². The molecule has 0 saturated heterocycles. The lowest BCUT2D eigenvalue weighted by Gasteiger charge is -2.12. The smallest absolute Gasteiger partial charge is 0.258 e. The molecule has 2 aromatic carbocycles. The van der Waals surface area contributed by atoms with Gasteiger partial charge in [0, 0.05) is 29.3 Å². The van der Waals surface area contributed by atoms with Gasteiger partial charge in [-0.2, -0.15) is 0 Å². The molecule has 0 aliphatic rings. The summed E-state index contributed by atoms with van der Waals surface area (Å²) in [5.74, 6) is 4.93. The molecule has 4 heterocycles. The quantitative estimate of drug-likeness (QED) is 0.232. The molecule has 6 rings (SSSR count). The van der Waals surface area contributed by atoms with Gasteiger partial charge < -0.3 is 15.2 Å². The maximum absolute atomic E-state index is 15.1. The van der Waals surface area contributed by atoms with Gasteiger partial charge in [0.05, 0.1) is 47.6 Å². The summed E-state index contributed by atoms with van der Waals surface area (Å²) in [7, 11) is 0. The van der Waals surface area contributed by atoms with E-state index in [-0.39, 0.29) is 10.5 Å². The topological polar surface area (TPSA) is 94.1 Å². The monoisotopic (exact) mass is 576 g/mol. The number of carbonyl (C=O) groups excluding carboxylic acids is 1. The van der Waals surface area contributed by atoms with E-state index in [0.29, 0.717) is 39.5 Å². The van der Waals surface area contributed by atoms with Crippen LogP contribution >= 0.6 is 0 Å². The number of aryl methyl sites for hydroxylation is 3. The second-order valence-electron chi connectivity index (χ2n) is 10.0. The SMILES string of the molecule is CCc1cc(NC(=O)c2cc(C#Cc3cnc4c(Nc5cnn(F)c5)cccn34)c(C)cc2F)cc(-n2cnc(C)c2)c1. The summed E-state index contributed by atoms with van der Waals surface area (Å²) < 4.78 is 31.9. The van der Waals surface area contributed by atoms with Crippen LogP contribution in [0.1, 0.15) is 45.4 Å². The van der Waals surface area contributed by atoms with Gasteiger partial charge in [-0.25, -0.2) is 14.4 Å². The Morgan fingerprint density at radius 3 is 2.63 bits per heavy atom. The molecule has 11 heteroatoms. The number of hydrogen-bond donors (Lipinski definition) is 2. The van der Waals surface area contributed by atoms with Gasteiger partial charge in [0.2, 0.25) is 0 Å². The summed E-state index contributed by atoms with van der Waals surface area (Å²) in [6, 6.07) is 12.1. The molecule has 1 amide bonds. The number of pyridine rings is 1. The maximum Gasteiger partial charge on any atom is 0.258 e. The fraction of sp³-hybridized carbons (Fsp3) is 0.125. The first-order chi connectivity index (χ1) is 20.8. The van der Waals surface area contributed by atoms with E-state index < -0.39 is 11.7 Å². The van der Waals surface area contributed by atoms with Crippen LogP contribution in [0.2, 0.25) is 0 Å². The zero-order valence-corrected chi connectivity index (χ0v) is 23.6. The molecule has 0 aliphatic heterocycles. The summed E-state index contributed by atoms with van der Waals surface area (Å²) in [6.45, 7) is 5.66. The van der Waals surface area contributed by atoms with E-state index in [1.54, 1.807) is 42.2 Å². The highest BCUT2D eigenvalue weighted by molar-refractivity contribution is 6.05. The molecule has 0 radical (unpaired) electrons. The standard InChI is InChI=1S/C32H26F2N8O/c1-4-22-11-24(14-27(12-22)40-17-21(3)36-19-40)39-32(43)28-13-23(20(2)10-29(28)33)7-8-26-16-35-31-30(6-5-9-41(26)31)38-25-15-37-42(34)18-25/h5-6,9-19,38H,4H2,1-3H3,(H,39,43). The van der Waals surface area contributed by atoms with Gasteiger partial charge in [0.15, 0.2) is 5.65 Å². The molecule has 0 unspecified atom stereocenters. The summed E-state index contributed by atoms with van der Waals surface area (Å²) in [5.41, 5.74) is 6.51. The molecule has 4 aromatic heterocycles. The Labute approximate surface area is 245 Å². The van der Waals surface area contributed by atoms with Crippen molar-refractivity contribution in [2.24, 2.45) is 0 Å². The summed E-state index contributed by atoms with van der Waals surface area (Å²) >= 11 is 0. The Bertz CT molecular complexity index is 2060. The molecule has 9 nitrogen and oxygen atoms in total. The van der Waals surface area contributed by atoms with E-state index >= 15 is 4.39 Å². The van der Waals surface area contributed by atoms with Crippen LogP contribution in [0.5, 0.6) is 0 Å². The Morgan fingerprint density at radius 2 is 1.88 bits per heavy atom. The molecule has 0 saturated carbocycles. The van der Waals surface area contributed by atoms with Crippen molar-refractivity contribution in [3.8, 4) is 17.5 Å². The first-order valence-corrected chi connectivity index (χ1v) is 13.5.